The highest BCUT2D eigenvalue weighted by Crippen LogP contribution is 2.15. The molecule has 2 rings (SSSR count). The highest BCUT2D eigenvalue weighted by molar-refractivity contribution is 7.09. The van der Waals surface area contributed by atoms with E-state index < -0.39 is 0 Å². The van der Waals surface area contributed by atoms with Crippen LogP contribution in [0, 0.1) is 6.92 Å². The number of carbonyl (C=O) groups is 1. The SMILES string of the molecule is COC1CCN(C(=O)Cc2csc(C)n2)CC1. The first kappa shape index (κ1) is 12.5. The molecule has 5 heteroatoms. The zero-order valence-electron chi connectivity index (χ0n) is 10.3. The molecule has 1 amide bonds. The van der Waals surface area contributed by atoms with E-state index in [1.807, 2.05) is 17.2 Å². The van der Waals surface area contributed by atoms with E-state index in [2.05, 4.69) is 4.98 Å². The number of piperidine rings is 1. The van der Waals surface area contributed by atoms with Gasteiger partial charge in [0, 0.05) is 25.6 Å². The quantitative estimate of drug-likeness (QED) is 0.823. The number of hydrogen-bond acceptors (Lipinski definition) is 4. The van der Waals surface area contributed by atoms with Gasteiger partial charge in [-0.2, -0.15) is 0 Å². The van der Waals surface area contributed by atoms with E-state index in [-0.39, 0.29) is 5.91 Å². The lowest BCUT2D eigenvalue weighted by atomic mass is 10.1. The summed E-state index contributed by atoms with van der Waals surface area (Å²) >= 11 is 1.60. The van der Waals surface area contributed by atoms with E-state index in [0.29, 0.717) is 12.5 Å². The molecule has 0 spiro atoms. The average molecular weight is 254 g/mol. The lowest BCUT2D eigenvalue weighted by Gasteiger charge is -2.31. The van der Waals surface area contributed by atoms with Crippen molar-refractivity contribution < 1.29 is 9.53 Å². The lowest BCUT2D eigenvalue weighted by molar-refractivity contribution is -0.132. The molecule has 1 fully saturated rings. The largest absolute Gasteiger partial charge is 0.381 e. The second-order valence-corrected chi connectivity index (χ2v) is 5.41. The summed E-state index contributed by atoms with van der Waals surface area (Å²) < 4.78 is 5.29. The van der Waals surface area contributed by atoms with Crippen LogP contribution in [0.15, 0.2) is 5.38 Å². The molecular formula is C12H18N2O2S. The van der Waals surface area contributed by atoms with Crippen molar-refractivity contribution in [2.24, 2.45) is 0 Å². The first-order valence-corrected chi connectivity index (χ1v) is 6.78. The minimum Gasteiger partial charge on any atom is -0.381 e. The van der Waals surface area contributed by atoms with Crippen LogP contribution < -0.4 is 0 Å². The topological polar surface area (TPSA) is 42.4 Å². The molecule has 1 saturated heterocycles. The zero-order valence-corrected chi connectivity index (χ0v) is 11.1. The average Bonchev–Trinajstić information content (AvgIpc) is 2.75. The van der Waals surface area contributed by atoms with Crippen LogP contribution in [0.4, 0.5) is 0 Å². The Bertz CT molecular complexity index is 384. The predicted octanol–water partition coefficient (Wildman–Crippen LogP) is 1.63. The van der Waals surface area contributed by atoms with Crippen molar-refractivity contribution in [1.29, 1.82) is 0 Å². The van der Waals surface area contributed by atoms with Crippen molar-refractivity contribution in [2.45, 2.75) is 32.3 Å². The fourth-order valence-corrected chi connectivity index (χ4v) is 2.71. The van der Waals surface area contributed by atoms with Crippen molar-refractivity contribution in [3.8, 4) is 0 Å². The summed E-state index contributed by atoms with van der Waals surface area (Å²) in [5.74, 6) is 0.185. The number of carbonyl (C=O) groups excluding carboxylic acids is 1. The van der Waals surface area contributed by atoms with E-state index >= 15 is 0 Å². The van der Waals surface area contributed by atoms with Gasteiger partial charge in [-0.25, -0.2) is 4.98 Å². The van der Waals surface area contributed by atoms with Gasteiger partial charge >= 0.3 is 0 Å². The third-order valence-corrected chi connectivity index (χ3v) is 3.95. The highest BCUT2D eigenvalue weighted by Gasteiger charge is 2.22. The number of likely N-dealkylation sites (tertiary alicyclic amines) is 1. The van der Waals surface area contributed by atoms with Gasteiger partial charge in [0.1, 0.15) is 0 Å². The number of ether oxygens (including phenoxy) is 1. The van der Waals surface area contributed by atoms with Crippen molar-refractivity contribution in [2.75, 3.05) is 20.2 Å². The summed E-state index contributed by atoms with van der Waals surface area (Å²) in [5, 5.41) is 2.99. The standard InChI is InChI=1S/C12H18N2O2S/c1-9-13-10(8-17-9)7-12(15)14-5-3-11(16-2)4-6-14/h8,11H,3-7H2,1-2H3. The molecule has 94 valence electrons. The zero-order chi connectivity index (χ0) is 12.3. The molecule has 1 aliphatic heterocycles. The summed E-state index contributed by atoms with van der Waals surface area (Å²) in [6.07, 6.45) is 2.64. The van der Waals surface area contributed by atoms with Gasteiger partial charge in [-0.1, -0.05) is 0 Å². The van der Waals surface area contributed by atoms with Gasteiger partial charge in [-0.05, 0) is 19.8 Å². The van der Waals surface area contributed by atoms with E-state index in [1.165, 1.54) is 0 Å². The van der Waals surface area contributed by atoms with Crippen LogP contribution in [0.5, 0.6) is 0 Å². The van der Waals surface area contributed by atoms with Gasteiger partial charge in [-0.15, -0.1) is 11.3 Å². The molecule has 4 nitrogen and oxygen atoms in total. The summed E-state index contributed by atoms with van der Waals surface area (Å²) in [7, 11) is 1.74. The number of amides is 1. The van der Waals surface area contributed by atoms with E-state index in [4.69, 9.17) is 4.74 Å². The van der Waals surface area contributed by atoms with Crippen molar-refractivity contribution >= 4 is 17.2 Å². The molecule has 2 heterocycles. The fraction of sp³-hybridized carbons (Fsp3) is 0.667. The Labute approximate surface area is 106 Å². The summed E-state index contributed by atoms with van der Waals surface area (Å²) in [6, 6.07) is 0. The number of aryl methyl sites for hydroxylation is 1. The number of rotatable bonds is 3. The number of nitrogens with zero attached hydrogens (tertiary/aromatic N) is 2. The highest BCUT2D eigenvalue weighted by atomic mass is 32.1. The van der Waals surface area contributed by atoms with Gasteiger partial charge in [0.25, 0.3) is 0 Å². The van der Waals surface area contributed by atoms with E-state index in [1.54, 1.807) is 18.4 Å². The van der Waals surface area contributed by atoms with Crippen LogP contribution in [-0.4, -0.2) is 42.1 Å². The molecule has 0 aliphatic carbocycles. The van der Waals surface area contributed by atoms with Crippen LogP contribution >= 0.6 is 11.3 Å². The van der Waals surface area contributed by atoms with Crippen LogP contribution in [0.3, 0.4) is 0 Å². The van der Waals surface area contributed by atoms with Crippen LogP contribution in [0.1, 0.15) is 23.5 Å². The normalized spacial score (nSPS) is 17.4. The number of aromatic nitrogens is 1. The second-order valence-electron chi connectivity index (χ2n) is 4.35. The summed E-state index contributed by atoms with van der Waals surface area (Å²) in [6.45, 7) is 3.57. The molecule has 0 aromatic carbocycles. The fourth-order valence-electron chi connectivity index (χ4n) is 2.10. The van der Waals surface area contributed by atoms with Crippen molar-refractivity contribution in [3.05, 3.63) is 16.1 Å². The van der Waals surface area contributed by atoms with Gasteiger partial charge in [0.05, 0.1) is 23.2 Å². The van der Waals surface area contributed by atoms with Crippen LogP contribution in [0.2, 0.25) is 0 Å². The monoisotopic (exact) mass is 254 g/mol. The Kier molecular flexibility index (Phi) is 4.12. The Balaban J connectivity index is 1.85. The van der Waals surface area contributed by atoms with Gasteiger partial charge in [0.15, 0.2) is 0 Å². The third kappa shape index (κ3) is 3.26. The maximum Gasteiger partial charge on any atom is 0.228 e. The van der Waals surface area contributed by atoms with E-state index in [9.17, 15) is 4.79 Å². The first-order chi connectivity index (χ1) is 8.19. The molecule has 0 atom stereocenters. The Morgan fingerprint density at radius 1 is 1.59 bits per heavy atom. The third-order valence-electron chi connectivity index (χ3n) is 3.13. The molecule has 0 radical (unpaired) electrons. The smallest absolute Gasteiger partial charge is 0.228 e. The molecule has 17 heavy (non-hydrogen) atoms. The maximum absolute atomic E-state index is 12.0. The molecular weight excluding hydrogens is 236 g/mol. The molecule has 1 aliphatic rings. The van der Waals surface area contributed by atoms with Gasteiger partial charge in [-0.3, -0.25) is 4.79 Å². The minimum atomic E-state index is 0.185. The van der Waals surface area contributed by atoms with Gasteiger partial charge < -0.3 is 9.64 Å². The summed E-state index contributed by atoms with van der Waals surface area (Å²) in [4.78, 5) is 18.3. The van der Waals surface area contributed by atoms with Crippen molar-refractivity contribution in [1.82, 2.24) is 9.88 Å². The second kappa shape index (κ2) is 5.60. The first-order valence-electron chi connectivity index (χ1n) is 5.90. The van der Waals surface area contributed by atoms with Gasteiger partial charge in [0.2, 0.25) is 5.91 Å². The Hall–Kier alpha value is -0.940. The Morgan fingerprint density at radius 2 is 2.29 bits per heavy atom. The van der Waals surface area contributed by atoms with Crippen LogP contribution in [0.25, 0.3) is 0 Å². The molecule has 0 bridgehead atoms. The summed E-state index contributed by atoms with van der Waals surface area (Å²) in [5.41, 5.74) is 0.895. The number of hydrogen-bond donors (Lipinski definition) is 0. The predicted molar refractivity (Wildman–Crippen MR) is 67.2 cm³/mol. The molecule has 1 aromatic heterocycles. The van der Waals surface area contributed by atoms with Crippen LogP contribution in [-0.2, 0) is 16.0 Å². The molecule has 0 unspecified atom stereocenters. The molecule has 1 aromatic rings. The van der Waals surface area contributed by atoms with Crippen molar-refractivity contribution in [3.63, 3.8) is 0 Å². The number of methoxy groups -OCH3 is 1. The van der Waals surface area contributed by atoms with E-state index in [0.717, 1.165) is 36.6 Å². The Morgan fingerprint density at radius 3 is 2.82 bits per heavy atom. The lowest BCUT2D eigenvalue weighted by Crippen LogP contribution is -2.41. The molecule has 0 N–H and O–H groups in total. The minimum absolute atomic E-state index is 0.185. The maximum atomic E-state index is 12.0. The number of thiazole rings is 1. The molecule has 0 saturated carbocycles.